The number of rotatable bonds is 3. The molecule has 0 atom stereocenters. The summed E-state index contributed by atoms with van der Waals surface area (Å²) in [7, 11) is 0. The van der Waals surface area contributed by atoms with E-state index in [4.69, 9.17) is 4.52 Å². The molecule has 1 aromatic carbocycles. The summed E-state index contributed by atoms with van der Waals surface area (Å²) in [5, 5.41) is 13.9. The van der Waals surface area contributed by atoms with Crippen molar-refractivity contribution < 1.29 is 9.63 Å². The largest absolute Gasteiger partial charge is 0.507 e. The maximum atomic E-state index is 10.0. The average Bonchev–Trinajstić information content (AvgIpc) is 2.91. The van der Waals surface area contributed by atoms with Crippen LogP contribution in [0.3, 0.4) is 0 Å². The molecule has 0 radical (unpaired) electrons. The highest BCUT2D eigenvalue weighted by Crippen LogP contribution is 2.30. The van der Waals surface area contributed by atoms with E-state index >= 15 is 0 Å². The monoisotopic (exact) mass is 267 g/mol. The van der Waals surface area contributed by atoms with Gasteiger partial charge >= 0.3 is 0 Å². The molecule has 100 valence electrons. The van der Waals surface area contributed by atoms with E-state index in [1.165, 1.54) is 0 Å². The standard InChI is InChI=1S/C15H13N3O2/c1-10-4-2-6-12(14(10)19)15-17-13(18-20-15)8-11-5-3-7-16-9-11/h2-7,9,19H,8H2,1H3. The highest BCUT2D eigenvalue weighted by atomic mass is 16.5. The zero-order valence-electron chi connectivity index (χ0n) is 10.9. The number of hydrogen-bond donors (Lipinski definition) is 1. The van der Waals surface area contributed by atoms with E-state index in [-0.39, 0.29) is 5.75 Å². The summed E-state index contributed by atoms with van der Waals surface area (Å²) in [6, 6.07) is 9.24. The number of aromatic nitrogens is 3. The van der Waals surface area contributed by atoms with Crippen molar-refractivity contribution in [3.8, 4) is 17.2 Å². The molecule has 0 bridgehead atoms. The second-order valence-corrected chi connectivity index (χ2v) is 4.52. The second-order valence-electron chi connectivity index (χ2n) is 4.52. The minimum atomic E-state index is 0.170. The minimum Gasteiger partial charge on any atom is -0.507 e. The first-order valence-electron chi connectivity index (χ1n) is 6.24. The molecular weight excluding hydrogens is 254 g/mol. The summed E-state index contributed by atoms with van der Waals surface area (Å²) >= 11 is 0. The van der Waals surface area contributed by atoms with Crippen LogP contribution >= 0.6 is 0 Å². The number of hydrogen-bond acceptors (Lipinski definition) is 5. The first kappa shape index (κ1) is 12.3. The Morgan fingerprint density at radius 2 is 2.10 bits per heavy atom. The summed E-state index contributed by atoms with van der Waals surface area (Å²) < 4.78 is 5.22. The van der Waals surface area contributed by atoms with E-state index in [1.54, 1.807) is 18.5 Å². The predicted octanol–water partition coefficient (Wildman–Crippen LogP) is 2.74. The first-order valence-corrected chi connectivity index (χ1v) is 6.24. The van der Waals surface area contributed by atoms with Crippen molar-refractivity contribution in [1.29, 1.82) is 0 Å². The van der Waals surface area contributed by atoms with Gasteiger partial charge in [-0.25, -0.2) is 0 Å². The van der Waals surface area contributed by atoms with E-state index in [1.807, 2.05) is 31.2 Å². The van der Waals surface area contributed by atoms with Crippen molar-refractivity contribution >= 4 is 0 Å². The van der Waals surface area contributed by atoms with Crippen LogP contribution in [0, 0.1) is 6.92 Å². The van der Waals surface area contributed by atoms with Crippen molar-refractivity contribution in [3.63, 3.8) is 0 Å². The number of phenols is 1. The summed E-state index contributed by atoms with van der Waals surface area (Å²) in [5.74, 6) is 1.06. The maximum absolute atomic E-state index is 10.0. The third kappa shape index (κ3) is 2.38. The Bertz CT molecular complexity index is 723. The van der Waals surface area contributed by atoms with E-state index < -0.39 is 0 Å². The summed E-state index contributed by atoms with van der Waals surface area (Å²) in [5.41, 5.74) is 2.33. The minimum absolute atomic E-state index is 0.170. The lowest BCUT2D eigenvalue weighted by Crippen LogP contribution is -1.91. The van der Waals surface area contributed by atoms with E-state index in [9.17, 15) is 5.11 Å². The molecule has 2 heterocycles. The van der Waals surface area contributed by atoms with Gasteiger partial charge in [0.25, 0.3) is 5.89 Å². The van der Waals surface area contributed by atoms with Crippen LogP contribution in [-0.4, -0.2) is 20.2 Å². The number of benzene rings is 1. The molecule has 0 amide bonds. The number of aryl methyl sites for hydroxylation is 1. The quantitative estimate of drug-likeness (QED) is 0.790. The number of aromatic hydroxyl groups is 1. The van der Waals surface area contributed by atoms with Gasteiger partial charge in [0.2, 0.25) is 0 Å². The molecule has 0 spiro atoms. The SMILES string of the molecule is Cc1cccc(-c2nc(Cc3cccnc3)no2)c1O. The third-order valence-corrected chi connectivity index (χ3v) is 3.02. The fourth-order valence-corrected chi connectivity index (χ4v) is 1.95. The smallest absolute Gasteiger partial charge is 0.261 e. The van der Waals surface area contributed by atoms with Gasteiger partial charge in [-0.3, -0.25) is 4.98 Å². The van der Waals surface area contributed by atoms with Gasteiger partial charge in [0, 0.05) is 18.8 Å². The molecule has 0 fully saturated rings. The zero-order chi connectivity index (χ0) is 13.9. The van der Waals surface area contributed by atoms with Gasteiger partial charge in [0.05, 0.1) is 5.56 Å². The summed E-state index contributed by atoms with van der Waals surface area (Å²) in [6.45, 7) is 1.83. The molecule has 3 aromatic rings. The fourth-order valence-electron chi connectivity index (χ4n) is 1.95. The lowest BCUT2D eigenvalue weighted by atomic mass is 10.1. The van der Waals surface area contributed by atoms with Crippen LogP contribution < -0.4 is 0 Å². The molecule has 3 rings (SSSR count). The normalized spacial score (nSPS) is 10.7. The lowest BCUT2D eigenvalue weighted by molar-refractivity contribution is 0.418. The molecule has 2 aromatic heterocycles. The topological polar surface area (TPSA) is 72.0 Å². The number of pyridine rings is 1. The Labute approximate surface area is 115 Å². The zero-order valence-corrected chi connectivity index (χ0v) is 10.9. The molecule has 1 N–H and O–H groups in total. The molecular formula is C15H13N3O2. The predicted molar refractivity (Wildman–Crippen MR) is 73.2 cm³/mol. The first-order chi connectivity index (χ1) is 9.74. The molecule has 0 unspecified atom stereocenters. The Kier molecular flexibility index (Phi) is 3.16. The Morgan fingerprint density at radius 1 is 1.20 bits per heavy atom. The molecule has 0 aliphatic carbocycles. The van der Waals surface area contributed by atoms with E-state index in [0.29, 0.717) is 23.7 Å². The Morgan fingerprint density at radius 3 is 2.90 bits per heavy atom. The van der Waals surface area contributed by atoms with Crippen LogP contribution in [0.25, 0.3) is 11.5 Å². The molecule has 0 aliphatic rings. The third-order valence-electron chi connectivity index (χ3n) is 3.02. The van der Waals surface area contributed by atoms with Crippen molar-refractivity contribution in [3.05, 3.63) is 59.7 Å². The van der Waals surface area contributed by atoms with Gasteiger partial charge in [-0.2, -0.15) is 4.98 Å². The van der Waals surface area contributed by atoms with Crippen molar-refractivity contribution in [1.82, 2.24) is 15.1 Å². The molecule has 20 heavy (non-hydrogen) atoms. The van der Waals surface area contributed by atoms with Crippen LogP contribution in [0.1, 0.15) is 17.0 Å². The Hall–Kier alpha value is -2.69. The molecule has 0 aliphatic heterocycles. The van der Waals surface area contributed by atoms with Crippen molar-refractivity contribution in [2.45, 2.75) is 13.3 Å². The van der Waals surface area contributed by atoms with Gasteiger partial charge < -0.3 is 9.63 Å². The summed E-state index contributed by atoms with van der Waals surface area (Å²) in [6.07, 6.45) is 4.03. The molecule has 0 saturated carbocycles. The average molecular weight is 267 g/mol. The van der Waals surface area contributed by atoms with Crippen molar-refractivity contribution in [2.75, 3.05) is 0 Å². The highest BCUT2D eigenvalue weighted by Gasteiger charge is 2.14. The van der Waals surface area contributed by atoms with Crippen LogP contribution in [-0.2, 0) is 6.42 Å². The number of phenolic OH excluding ortho intramolecular Hbond substituents is 1. The Balaban J connectivity index is 1.89. The van der Waals surface area contributed by atoms with Crippen LogP contribution in [0.5, 0.6) is 5.75 Å². The van der Waals surface area contributed by atoms with E-state index in [2.05, 4.69) is 15.1 Å². The number of para-hydroxylation sites is 1. The lowest BCUT2D eigenvalue weighted by Gasteiger charge is -2.01. The van der Waals surface area contributed by atoms with Gasteiger partial charge in [0.1, 0.15) is 5.75 Å². The van der Waals surface area contributed by atoms with E-state index in [0.717, 1.165) is 11.1 Å². The van der Waals surface area contributed by atoms with Gasteiger partial charge in [-0.05, 0) is 30.2 Å². The maximum Gasteiger partial charge on any atom is 0.261 e. The number of nitrogens with zero attached hydrogens (tertiary/aromatic N) is 3. The summed E-state index contributed by atoms with van der Waals surface area (Å²) in [4.78, 5) is 8.36. The van der Waals surface area contributed by atoms with Gasteiger partial charge in [-0.15, -0.1) is 0 Å². The molecule has 0 saturated heterocycles. The fraction of sp³-hybridized carbons (Fsp3) is 0.133. The highest BCUT2D eigenvalue weighted by molar-refractivity contribution is 5.64. The van der Waals surface area contributed by atoms with Crippen LogP contribution in [0.15, 0.2) is 47.2 Å². The van der Waals surface area contributed by atoms with Crippen LogP contribution in [0.4, 0.5) is 0 Å². The van der Waals surface area contributed by atoms with Gasteiger partial charge in [0.15, 0.2) is 5.82 Å². The van der Waals surface area contributed by atoms with Crippen LogP contribution in [0.2, 0.25) is 0 Å². The molecule has 5 heteroatoms. The van der Waals surface area contributed by atoms with Crippen molar-refractivity contribution in [2.24, 2.45) is 0 Å². The molecule has 5 nitrogen and oxygen atoms in total. The van der Waals surface area contributed by atoms with Gasteiger partial charge in [-0.1, -0.05) is 23.4 Å². The second kappa shape index (κ2) is 5.13.